The molecule has 0 saturated heterocycles. The first-order chi connectivity index (χ1) is 11.6. The van der Waals surface area contributed by atoms with Gasteiger partial charge in [0.25, 0.3) is 0 Å². The molecule has 0 aliphatic carbocycles. The van der Waals surface area contributed by atoms with Crippen molar-refractivity contribution in [2.75, 3.05) is 6.61 Å². The van der Waals surface area contributed by atoms with Gasteiger partial charge >= 0.3 is 5.97 Å². The highest BCUT2D eigenvalue weighted by Crippen LogP contribution is 2.35. The molecule has 1 atom stereocenters. The fraction of sp³-hybridized carbons (Fsp3) is 0.222. The van der Waals surface area contributed by atoms with E-state index >= 15 is 0 Å². The standard InChI is InChI=1S/C18H16O5S/c1-3-21-18(20)11(2)22-12-6-7-14-15(9-12)23-16(17(14)19)10-13-5-4-8-24-13/h4-11H,3H2,1-2H3. The van der Waals surface area contributed by atoms with Crippen LogP contribution in [0.15, 0.2) is 41.5 Å². The SMILES string of the molecule is CCOC(=O)C(C)Oc1ccc2c(c1)OC(=Cc1cccs1)C2=O. The van der Waals surface area contributed by atoms with Crippen molar-refractivity contribution < 1.29 is 23.8 Å². The summed E-state index contributed by atoms with van der Waals surface area (Å²) in [6, 6.07) is 8.71. The average Bonchev–Trinajstić information content (AvgIpc) is 3.17. The van der Waals surface area contributed by atoms with Gasteiger partial charge in [-0.3, -0.25) is 4.79 Å². The minimum atomic E-state index is -0.735. The molecule has 2 aromatic rings. The maximum absolute atomic E-state index is 12.3. The van der Waals surface area contributed by atoms with E-state index in [1.54, 1.807) is 38.1 Å². The van der Waals surface area contributed by atoms with Crippen molar-refractivity contribution in [1.29, 1.82) is 0 Å². The van der Waals surface area contributed by atoms with Gasteiger partial charge in [-0.15, -0.1) is 11.3 Å². The average molecular weight is 344 g/mol. The zero-order valence-corrected chi connectivity index (χ0v) is 14.1. The second kappa shape index (κ2) is 6.88. The molecule has 0 radical (unpaired) electrons. The Morgan fingerprint density at radius 2 is 2.21 bits per heavy atom. The van der Waals surface area contributed by atoms with Gasteiger partial charge in [-0.2, -0.15) is 0 Å². The van der Waals surface area contributed by atoms with Crippen molar-refractivity contribution in [1.82, 2.24) is 0 Å². The number of hydrogen-bond acceptors (Lipinski definition) is 6. The maximum atomic E-state index is 12.3. The second-order valence-corrected chi connectivity index (χ2v) is 6.10. The molecule has 24 heavy (non-hydrogen) atoms. The van der Waals surface area contributed by atoms with Crippen molar-refractivity contribution in [3.05, 3.63) is 51.9 Å². The third-order valence-electron chi connectivity index (χ3n) is 3.39. The van der Waals surface area contributed by atoms with E-state index in [1.807, 2.05) is 17.5 Å². The molecule has 5 nitrogen and oxygen atoms in total. The van der Waals surface area contributed by atoms with E-state index < -0.39 is 12.1 Å². The zero-order chi connectivity index (χ0) is 17.1. The predicted molar refractivity (Wildman–Crippen MR) is 90.4 cm³/mol. The Bertz CT molecular complexity index is 792. The Kier molecular flexibility index (Phi) is 4.66. The lowest BCUT2D eigenvalue weighted by Gasteiger charge is -2.13. The topological polar surface area (TPSA) is 61.8 Å². The van der Waals surface area contributed by atoms with Crippen molar-refractivity contribution in [3.8, 4) is 11.5 Å². The molecule has 3 rings (SSSR count). The number of Topliss-reactive ketones (excluding diaryl/α,β-unsaturated/α-hetero) is 1. The Balaban J connectivity index is 1.77. The van der Waals surface area contributed by atoms with Crippen LogP contribution in [0.25, 0.3) is 6.08 Å². The zero-order valence-electron chi connectivity index (χ0n) is 13.3. The quantitative estimate of drug-likeness (QED) is 0.611. The van der Waals surface area contributed by atoms with Gasteiger partial charge in [-0.25, -0.2) is 4.79 Å². The molecule has 0 fully saturated rings. The number of rotatable bonds is 5. The van der Waals surface area contributed by atoms with Gasteiger partial charge in [-0.05, 0) is 37.4 Å². The number of allylic oxidation sites excluding steroid dienone is 1. The van der Waals surface area contributed by atoms with Crippen molar-refractivity contribution >= 4 is 29.2 Å². The lowest BCUT2D eigenvalue weighted by molar-refractivity contribution is -0.150. The Labute approximate surface area is 143 Å². The highest BCUT2D eigenvalue weighted by molar-refractivity contribution is 7.10. The Hall–Kier alpha value is -2.60. The third kappa shape index (κ3) is 3.33. The van der Waals surface area contributed by atoms with Crippen LogP contribution in [0, 0.1) is 0 Å². The van der Waals surface area contributed by atoms with Crippen LogP contribution in [-0.2, 0) is 9.53 Å². The van der Waals surface area contributed by atoms with Crippen LogP contribution in [0.2, 0.25) is 0 Å². The van der Waals surface area contributed by atoms with E-state index in [-0.39, 0.29) is 11.5 Å². The minimum absolute atomic E-state index is 0.164. The van der Waals surface area contributed by atoms with Gasteiger partial charge in [0.2, 0.25) is 5.78 Å². The van der Waals surface area contributed by atoms with E-state index in [2.05, 4.69) is 0 Å². The van der Waals surface area contributed by atoms with E-state index in [9.17, 15) is 9.59 Å². The summed E-state index contributed by atoms with van der Waals surface area (Å²) in [5.41, 5.74) is 0.481. The van der Waals surface area contributed by atoms with Crippen LogP contribution < -0.4 is 9.47 Å². The molecule has 6 heteroatoms. The molecular formula is C18H16O5S. The van der Waals surface area contributed by atoms with E-state index in [0.29, 0.717) is 23.7 Å². The van der Waals surface area contributed by atoms with Gasteiger partial charge in [0.05, 0.1) is 12.2 Å². The smallest absolute Gasteiger partial charge is 0.347 e. The lowest BCUT2D eigenvalue weighted by atomic mass is 10.1. The molecule has 0 bridgehead atoms. The maximum Gasteiger partial charge on any atom is 0.347 e. The summed E-state index contributed by atoms with van der Waals surface area (Å²) in [5.74, 6) is 0.551. The number of fused-ring (bicyclic) bond motifs is 1. The first kappa shape index (κ1) is 16.3. The van der Waals surface area contributed by atoms with E-state index in [0.717, 1.165) is 4.88 Å². The number of esters is 1. The minimum Gasteiger partial charge on any atom is -0.479 e. The lowest BCUT2D eigenvalue weighted by Crippen LogP contribution is -2.26. The number of carbonyl (C=O) groups is 2. The monoisotopic (exact) mass is 344 g/mol. The van der Waals surface area contributed by atoms with Crippen molar-refractivity contribution in [2.45, 2.75) is 20.0 Å². The van der Waals surface area contributed by atoms with Gasteiger partial charge in [0.1, 0.15) is 11.5 Å². The molecule has 124 valence electrons. The normalized spacial score (nSPS) is 15.8. The van der Waals surface area contributed by atoms with Crippen LogP contribution in [0.4, 0.5) is 0 Å². The largest absolute Gasteiger partial charge is 0.479 e. The summed E-state index contributed by atoms with van der Waals surface area (Å²) in [6.07, 6.45) is 0.982. The van der Waals surface area contributed by atoms with Crippen LogP contribution in [0.1, 0.15) is 29.1 Å². The van der Waals surface area contributed by atoms with Gasteiger partial charge in [0.15, 0.2) is 11.9 Å². The molecule has 0 amide bonds. The van der Waals surface area contributed by atoms with Crippen molar-refractivity contribution in [3.63, 3.8) is 0 Å². The number of thiophene rings is 1. The Morgan fingerprint density at radius 1 is 1.38 bits per heavy atom. The molecule has 2 heterocycles. The molecule has 1 aliphatic rings. The van der Waals surface area contributed by atoms with E-state index in [4.69, 9.17) is 14.2 Å². The van der Waals surface area contributed by atoms with Crippen LogP contribution >= 0.6 is 11.3 Å². The number of ketones is 1. The summed E-state index contributed by atoms with van der Waals surface area (Å²) >= 11 is 1.53. The number of benzene rings is 1. The fourth-order valence-corrected chi connectivity index (χ4v) is 2.90. The van der Waals surface area contributed by atoms with Crippen LogP contribution in [-0.4, -0.2) is 24.5 Å². The molecule has 0 N–H and O–H groups in total. The number of carbonyl (C=O) groups excluding carboxylic acids is 2. The number of hydrogen-bond donors (Lipinski definition) is 0. The molecule has 1 unspecified atom stereocenters. The molecule has 1 aromatic heterocycles. The van der Waals surface area contributed by atoms with Crippen molar-refractivity contribution in [2.24, 2.45) is 0 Å². The predicted octanol–water partition coefficient (Wildman–Crippen LogP) is 3.69. The van der Waals surface area contributed by atoms with Gasteiger partial charge in [-0.1, -0.05) is 6.07 Å². The summed E-state index contributed by atoms with van der Waals surface area (Å²) in [6.45, 7) is 3.64. The summed E-state index contributed by atoms with van der Waals surface area (Å²) in [5, 5.41) is 1.93. The van der Waals surface area contributed by atoms with Crippen LogP contribution in [0.3, 0.4) is 0 Å². The highest BCUT2D eigenvalue weighted by atomic mass is 32.1. The summed E-state index contributed by atoms with van der Waals surface area (Å²) in [7, 11) is 0. The highest BCUT2D eigenvalue weighted by Gasteiger charge is 2.28. The number of ether oxygens (including phenoxy) is 3. The first-order valence-corrected chi connectivity index (χ1v) is 8.41. The molecule has 0 spiro atoms. The molecular weight excluding hydrogens is 328 g/mol. The summed E-state index contributed by atoms with van der Waals surface area (Å²) in [4.78, 5) is 24.9. The first-order valence-electron chi connectivity index (χ1n) is 7.53. The second-order valence-electron chi connectivity index (χ2n) is 5.13. The fourth-order valence-electron chi connectivity index (χ4n) is 2.25. The summed E-state index contributed by atoms with van der Waals surface area (Å²) < 4.78 is 16.1. The van der Waals surface area contributed by atoms with Gasteiger partial charge in [0, 0.05) is 17.0 Å². The Morgan fingerprint density at radius 3 is 2.92 bits per heavy atom. The molecule has 1 aromatic carbocycles. The molecule has 1 aliphatic heterocycles. The van der Waals surface area contributed by atoms with Crippen LogP contribution in [0.5, 0.6) is 11.5 Å². The van der Waals surface area contributed by atoms with E-state index in [1.165, 1.54) is 11.3 Å². The van der Waals surface area contributed by atoms with Gasteiger partial charge < -0.3 is 14.2 Å². The third-order valence-corrected chi connectivity index (χ3v) is 4.21. The molecule has 0 saturated carbocycles.